The molecule has 0 amide bonds. The van der Waals surface area contributed by atoms with E-state index >= 15 is 0 Å². The third kappa shape index (κ3) is 1.55. The van der Waals surface area contributed by atoms with Gasteiger partial charge in [0, 0.05) is 12.6 Å². The van der Waals surface area contributed by atoms with Crippen LogP contribution < -0.4 is 0 Å². The van der Waals surface area contributed by atoms with E-state index in [1.54, 1.807) is 18.4 Å². The Balaban J connectivity index is 1.78. The van der Waals surface area contributed by atoms with E-state index < -0.39 is 11.0 Å². The van der Waals surface area contributed by atoms with E-state index in [2.05, 4.69) is 11.2 Å². The van der Waals surface area contributed by atoms with Crippen LogP contribution in [0.15, 0.2) is 27.9 Å². The van der Waals surface area contributed by atoms with Crippen molar-refractivity contribution in [2.24, 2.45) is 5.41 Å². The Morgan fingerprint density at radius 3 is 2.88 bits per heavy atom. The first-order chi connectivity index (χ1) is 7.70. The van der Waals surface area contributed by atoms with Crippen molar-refractivity contribution in [3.05, 3.63) is 18.4 Å². The van der Waals surface area contributed by atoms with E-state index in [0.717, 1.165) is 6.54 Å². The zero-order valence-corrected chi connectivity index (χ0v) is 10.3. The molecule has 3 rings (SSSR count). The van der Waals surface area contributed by atoms with Crippen LogP contribution in [0.3, 0.4) is 0 Å². The summed E-state index contributed by atoms with van der Waals surface area (Å²) in [6, 6.07) is 4.01. The van der Waals surface area contributed by atoms with Crippen molar-refractivity contribution < 1.29 is 8.63 Å². The largest absolute Gasteiger partial charge is 0.454 e. The quantitative estimate of drug-likeness (QED) is 0.794. The molecule has 1 aromatic rings. The van der Waals surface area contributed by atoms with Gasteiger partial charge in [0.25, 0.3) is 0 Å². The van der Waals surface area contributed by atoms with Crippen molar-refractivity contribution in [3.63, 3.8) is 0 Å². The van der Waals surface area contributed by atoms with Crippen LogP contribution in [0.5, 0.6) is 0 Å². The van der Waals surface area contributed by atoms with Crippen molar-refractivity contribution in [2.45, 2.75) is 43.7 Å². The van der Waals surface area contributed by atoms with Gasteiger partial charge in [-0.15, -0.1) is 0 Å². The zero-order valence-electron chi connectivity index (χ0n) is 9.52. The first-order valence-corrected chi connectivity index (χ1v) is 7.03. The second-order valence-electron chi connectivity index (χ2n) is 5.16. The van der Waals surface area contributed by atoms with E-state index in [0.29, 0.717) is 16.5 Å². The monoisotopic (exact) mass is 239 g/mol. The van der Waals surface area contributed by atoms with E-state index in [1.807, 2.05) is 0 Å². The molecule has 1 spiro atoms. The lowest BCUT2D eigenvalue weighted by Crippen LogP contribution is -2.34. The predicted molar refractivity (Wildman–Crippen MR) is 62.2 cm³/mol. The minimum atomic E-state index is -1.11. The maximum atomic E-state index is 12.3. The second-order valence-corrected chi connectivity index (χ2v) is 6.53. The summed E-state index contributed by atoms with van der Waals surface area (Å²) < 4.78 is 19.6. The molecule has 88 valence electrons. The molecule has 16 heavy (non-hydrogen) atoms. The van der Waals surface area contributed by atoms with E-state index in [4.69, 9.17) is 4.42 Å². The molecule has 0 N–H and O–H groups in total. The van der Waals surface area contributed by atoms with Crippen LogP contribution in [-0.2, 0) is 11.0 Å². The van der Waals surface area contributed by atoms with Crippen LogP contribution in [0.1, 0.15) is 32.6 Å². The average Bonchev–Trinajstić information content (AvgIpc) is 2.82. The van der Waals surface area contributed by atoms with Crippen molar-refractivity contribution in [3.8, 4) is 0 Å². The lowest BCUT2D eigenvalue weighted by atomic mass is 9.68. The third-order valence-corrected chi connectivity index (χ3v) is 5.50. The maximum absolute atomic E-state index is 12.3. The lowest BCUT2D eigenvalue weighted by molar-refractivity contribution is 0.153. The summed E-state index contributed by atoms with van der Waals surface area (Å²) in [6.07, 6.45) is 6.74. The smallest absolute Gasteiger partial charge is 0.205 e. The molecule has 1 aliphatic carbocycles. The van der Waals surface area contributed by atoms with E-state index in [9.17, 15) is 4.21 Å². The fourth-order valence-electron chi connectivity index (χ4n) is 3.02. The van der Waals surface area contributed by atoms with Gasteiger partial charge < -0.3 is 4.42 Å². The average molecular weight is 239 g/mol. The third-order valence-electron chi connectivity index (χ3n) is 4.01. The second kappa shape index (κ2) is 3.70. The molecule has 1 aromatic heterocycles. The van der Waals surface area contributed by atoms with Crippen molar-refractivity contribution in [2.75, 3.05) is 6.54 Å². The normalized spacial score (nSPS) is 30.4. The Labute approximate surface area is 98.4 Å². The Kier molecular flexibility index (Phi) is 2.44. The summed E-state index contributed by atoms with van der Waals surface area (Å²) >= 11 is 0. The molecule has 0 aromatic carbocycles. The van der Waals surface area contributed by atoms with Gasteiger partial charge in [-0.05, 0) is 43.7 Å². The Morgan fingerprint density at radius 2 is 2.38 bits per heavy atom. The standard InChI is InChI=1S/C12H17NO2S/c1-10-8-12(5-3-6-12)9-13(10)16(14)11-4-2-7-15-11/h2,4,7,10H,3,5-6,8-9H2,1H3. The summed E-state index contributed by atoms with van der Waals surface area (Å²) in [5.41, 5.74) is 0.474. The number of rotatable bonds is 2. The van der Waals surface area contributed by atoms with Crippen LogP contribution in [0.2, 0.25) is 0 Å². The molecule has 3 nitrogen and oxygen atoms in total. The van der Waals surface area contributed by atoms with Gasteiger partial charge in [0.2, 0.25) is 5.09 Å². The van der Waals surface area contributed by atoms with Crippen LogP contribution in [0.4, 0.5) is 0 Å². The number of hydrogen-bond acceptors (Lipinski definition) is 2. The number of furan rings is 1. The molecule has 1 aliphatic heterocycles. The Morgan fingerprint density at radius 1 is 1.56 bits per heavy atom. The Hall–Kier alpha value is -0.610. The summed E-state index contributed by atoms with van der Waals surface area (Å²) in [4.78, 5) is 0. The van der Waals surface area contributed by atoms with Gasteiger partial charge in [-0.25, -0.2) is 8.51 Å². The fourth-order valence-corrected chi connectivity index (χ4v) is 4.38. The van der Waals surface area contributed by atoms with Crippen LogP contribution in [0, 0.1) is 5.41 Å². The predicted octanol–water partition coefficient (Wildman–Crippen LogP) is 2.57. The molecule has 4 heteroatoms. The Bertz CT molecular complexity index is 397. The van der Waals surface area contributed by atoms with Gasteiger partial charge >= 0.3 is 0 Å². The molecule has 2 fully saturated rings. The highest BCUT2D eigenvalue weighted by Gasteiger charge is 2.48. The topological polar surface area (TPSA) is 33.5 Å². The zero-order chi connectivity index (χ0) is 11.2. The van der Waals surface area contributed by atoms with Crippen molar-refractivity contribution >= 4 is 11.0 Å². The molecule has 2 unspecified atom stereocenters. The van der Waals surface area contributed by atoms with Gasteiger partial charge in [-0.2, -0.15) is 0 Å². The lowest BCUT2D eigenvalue weighted by Gasteiger charge is -2.37. The molecular weight excluding hydrogens is 222 g/mol. The number of nitrogens with zero attached hydrogens (tertiary/aromatic N) is 1. The first kappa shape index (κ1) is 10.5. The molecular formula is C12H17NO2S. The van der Waals surface area contributed by atoms with Gasteiger partial charge in [0.15, 0.2) is 11.0 Å². The van der Waals surface area contributed by atoms with Crippen LogP contribution >= 0.6 is 0 Å². The molecule has 1 saturated heterocycles. The summed E-state index contributed by atoms with van der Waals surface area (Å²) in [5, 5.41) is 0.586. The van der Waals surface area contributed by atoms with Gasteiger partial charge in [0.1, 0.15) is 0 Å². The molecule has 2 aliphatic rings. The van der Waals surface area contributed by atoms with E-state index in [-0.39, 0.29) is 0 Å². The summed E-state index contributed by atoms with van der Waals surface area (Å²) in [6.45, 7) is 3.15. The van der Waals surface area contributed by atoms with Crippen LogP contribution in [0.25, 0.3) is 0 Å². The number of hydrogen-bond donors (Lipinski definition) is 0. The van der Waals surface area contributed by atoms with Crippen LogP contribution in [-0.4, -0.2) is 21.1 Å². The SMILES string of the molecule is CC1CC2(CCC2)CN1S(=O)c1ccco1. The molecule has 2 heterocycles. The minimum absolute atomic E-state index is 0.409. The molecule has 0 radical (unpaired) electrons. The highest BCUT2D eigenvalue weighted by Crippen LogP contribution is 2.50. The highest BCUT2D eigenvalue weighted by atomic mass is 32.2. The maximum Gasteiger partial charge on any atom is 0.205 e. The summed E-state index contributed by atoms with van der Waals surface area (Å²) in [7, 11) is -1.11. The molecule has 0 bridgehead atoms. The van der Waals surface area contributed by atoms with Crippen molar-refractivity contribution in [1.82, 2.24) is 4.31 Å². The van der Waals surface area contributed by atoms with Gasteiger partial charge in [0.05, 0.1) is 6.26 Å². The fraction of sp³-hybridized carbons (Fsp3) is 0.667. The molecule has 2 atom stereocenters. The minimum Gasteiger partial charge on any atom is -0.454 e. The van der Waals surface area contributed by atoms with Gasteiger partial charge in [-0.3, -0.25) is 0 Å². The molecule has 1 saturated carbocycles. The van der Waals surface area contributed by atoms with E-state index in [1.165, 1.54) is 25.7 Å². The highest BCUT2D eigenvalue weighted by molar-refractivity contribution is 7.82. The van der Waals surface area contributed by atoms with Crippen molar-refractivity contribution in [1.29, 1.82) is 0 Å². The van der Waals surface area contributed by atoms with Gasteiger partial charge in [-0.1, -0.05) is 6.42 Å². The first-order valence-electron chi connectivity index (χ1n) is 5.92. The summed E-state index contributed by atoms with van der Waals surface area (Å²) in [5.74, 6) is 0.